The maximum absolute atomic E-state index is 13.7. The zero-order valence-electron chi connectivity index (χ0n) is 12.1. The second-order valence-corrected chi connectivity index (χ2v) is 6.05. The quantitative estimate of drug-likeness (QED) is 0.873. The summed E-state index contributed by atoms with van der Waals surface area (Å²) in [5.41, 5.74) is 0.994. The fraction of sp³-hybridized carbons (Fsp3) is 0.444. The standard InChI is InChI=1S/C18H21F2N/c19-16-7-1-4-13(10-16)18(15-6-3-9-21-12-15)14-5-2-8-17(20)11-14/h1-2,4-5,7-8,10,14-15,18,21H,3,6,9,11-12H2. The molecule has 112 valence electrons. The Morgan fingerprint density at radius 3 is 2.86 bits per heavy atom. The van der Waals surface area contributed by atoms with Gasteiger partial charge in [0.05, 0.1) is 0 Å². The molecule has 1 nitrogen and oxygen atoms in total. The molecule has 0 saturated carbocycles. The maximum Gasteiger partial charge on any atom is 0.123 e. The largest absolute Gasteiger partial charge is 0.316 e. The molecule has 1 N–H and O–H groups in total. The van der Waals surface area contributed by atoms with Crippen LogP contribution in [0.4, 0.5) is 8.78 Å². The first kappa shape index (κ1) is 14.5. The molecule has 1 saturated heterocycles. The van der Waals surface area contributed by atoms with Gasteiger partial charge >= 0.3 is 0 Å². The highest BCUT2D eigenvalue weighted by molar-refractivity contribution is 5.27. The first-order valence-electron chi connectivity index (χ1n) is 7.73. The van der Waals surface area contributed by atoms with E-state index in [1.54, 1.807) is 18.2 Å². The Balaban J connectivity index is 1.90. The second kappa shape index (κ2) is 6.52. The van der Waals surface area contributed by atoms with Crippen LogP contribution in [0.25, 0.3) is 0 Å². The van der Waals surface area contributed by atoms with Crippen LogP contribution in [0.15, 0.2) is 48.3 Å². The number of hydrogen-bond donors (Lipinski definition) is 1. The summed E-state index contributed by atoms with van der Waals surface area (Å²) in [6.45, 7) is 1.97. The Kier molecular flexibility index (Phi) is 4.49. The number of benzene rings is 1. The molecule has 0 bridgehead atoms. The van der Waals surface area contributed by atoms with Gasteiger partial charge in [-0.05, 0) is 67.5 Å². The van der Waals surface area contributed by atoms with Crippen molar-refractivity contribution in [2.24, 2.45) is 11.8 Å². The topological polar surface area (TPSA) is 12.0 Å². The van der Waals surface area contributed by atoms with E-state index >= 15 is 0 Å². The third kappa shape index (κ3) is 3.41. The van der Waals surface area contributed by atoms with E-state index in [2.05, 4.69) is 11.4 Å². The highest BCUT2D eigenvalue weighted by Crippen LogP contribution is 2.41. The molecule has 0 radical (unpaired) electrons. The highest BCUT2D eigenvalue weighted by Gasteiger charge is 2.32. The lowest BCUT2D eigenvalue weighted by Crippen LogP contribution is -2.35. The van der Waals surface area contributed by atoms with E-state index in [1.165, 1.54) is 12.1 Å². The van der Waals surface area contributed by atoms with Gasteiger partial charge in [0.1, 0.15) is 11.6 Å². The van der Waals surface area contributed by atoms with Crippen molar-refractivity contribution in [3.05, 3.63) is 59.7 Å². The molecule has 1 aliphatic heterocycles. The molecule has 0 spiro atoms. The van der Waals surface area contributed by atoms with Gasteiger partial charge in [0.15, 0.2) is 0 Å². The molecule has 1 fully saturated rings. The van der Waals surface area contributed by atoms with Gasteiger partial charge in [-0.25, -0.2) is 8.78 Å². The van der Waals surface area contributed by atoms with E-state index in [0.717, 1.165) is 31.5 Å². The normalized spacial score (nSPS) is 27.2. The molecule has 3 heteroatoms. The SMILES string of the molecule is FC1=CC=CC(C(c2cccc(F)c2)C2CCCNC2)C1. The first-order chi connectivity index (χ1) is 10.2. The molecule has 1 aliphatic carbocycles. The van der Waals surface area contributed by atoms with Crippen LogP contribution in [0.5, 0.6) is 0 Å². The van der Waals surface area contributed by atoms with Crippen molar-refractivity contribution in [3.8, 4) is 0 Å². The van der Waals surface area contributed by atoms with E-state index in [1.807, 2.05) is 6.07 Å². The van der Waals surface area contributed by atoms with Gasteiger partial charge < -0.3 is 5.32 Å². The van der Waals surface area contributed by atoms with Crippen LogP contribution >= 0.6 is 0 Å². The van der Waals surface area contributed by atoms with Crippen molar-refractivity contribution in [2.75, 3.05) is 13.1 Å². The minimum Gasteiger partial charge on any atom is -0.316 e. The Labute approximate surface area is 124 Å². The molecule has 1 aromatic carbocycles. The molecule has 0 aromatic heterocycles. The summed E-state index contributed by atoms with van der Waals surface area (Å²) < 4.78 is 27.3. The van der Waals surface area contributed by atoms with Crippen molar-refractivity contribution in [1.82, 2.24) is 5.32 Å². The Bertz CT molecular complexity index is 544. The number of rotatable bonds is 3. The summed E-state index contributed by atoms with van der Waals surface area (Å²) >= 11 is 0. The zero-order chi connectivity index (χ0) is 14.7. The van der Waals surface area contributed by atoms with E-state index in [9.17, 15) is 8.78 Å². The van der Waals surface area contributed by atoms with E-state index < -0.39 is 0 Å². The van der Waals surface area contributed by atoms with Crippen molar-refractivity contribution in [1.29, 1.82) is 0 Å². The lowest BCUT2D eigenvalue weighted by atomic mass is 9.72. The van der Waals surface area contributed by atoms with Gasteiger partial charge in [-0.1, -0.05) is 24.3 Å². The molecule has 1 aromatic rings. The van der Waals surface area contributed by atoms with Crippen molar-refractivity contribution >= 4 is 0 Å². The van der Waals surface area contributed by atoms with Crippen molar-refractivity contribution in [2.45, 2.75) is 25.2 Å². The van der Waals surface area contributed by atoms with Crippen LogP contribution < -0.4 is 5.32 Å². The molecule has 3 atom stereocenters. The summed E-state index contributed by atoms with van der Waals surface area (Å²) in [5.74, 6) is 0.428. The fourth-order valence-electron chi connectivity index (χ4n) is 3.68. The Hall–Kier alpha value is -1.48. The number of nitrogens with one attached hydrogen (secondary N) is 1. The Morgan fingerprint density at radius 1 is 1.24 bits per heavy atom. The molecular formula is C18H21F2N. The van der Waals surface area contributed by atoms with Crippen LogP contribution in [-0.4, -0.2) is 13.1 Å². The average molecular weight is 289 g/mol. The molecule has 2 aliphatic rings. The maximum atomic E-state index is 13.7. The number of halogens is 2. The van der Waals surface area contributed by atoms with Gasteiger partial charge in [-0.15, -0.1) is 0 Å². The van der Waals surface area contributed by atoms with Crippen molar-refractivity contribution in [3.63, 3.8) is 0 Å². The third-order valence-corrected chi connectivity index (χ3v) is 4.60. The summed E-state index contributed by atoms with van der Waals surface area (Å²) in [6, 6.07) is 6.82. The predicted octanol–water partition coefficient (Wildman–Crippen LogP) is 4.34. The Morgan fingerprint density at radius 2 is 2.14 bits per heavy atom. The van der Waals surface area contributed by atoms with Gasteiger partial charge in [-0.2, -0.15) is 0 Å². The van der Waals surface area contributed by atoms with Crippen LogP contribution in [0.1, 0.15) is 30.7 Å². The molecule has 3 rings (SSSR count). The van der Waals surface area contributed by atoms with Gasteiger partial charge in [0, 0.05) is 6.42 Å². The van der Waals surface area contributed by atoms with Crippen molar-refractivity contribution < 1.29 is 8.78 Å². The molecule has 1 heterocycles. The van der Waals surface area contributed by atoms with Crippen LogP contribution in [0.3, 0.4) is 0 Å². The summed E-state index contributed by atoms with van der Waals surface area (Å²) in [6.07, 6.45) is 8.07. The molecule has 21 heavy (non-hydrogen) atoms. The van der Waals surface area contributed by atoms with Gasteiger partial charge in [0.2, 0.25) is 0 Å². The second-order valence-electron chi connectivity index (χ2n) is 6.05. The lowest BCUT2D eigenvalue weighted by molar-refractivity contribution is 0.271. The lowest BCUT2D eigenvalue weighted by Gasteiger charge is -2.36. The summed E-state index contributed by atoms with van der Waals surface area (Å²) in [5, 5.41) is 3.42. The number of hydrogen-bond acceptors (Lipinski definition) is 1. The van der Waals surface area contributed by atoms with E-state index in [-0.39, 0.29) is 23.5 Å². The summed E-state index contributed by atoms with van der Waals surface area (Å²) in [7, 11) is 0. The smallest absolute Gasteiger partial charge is 0.123 e. The fourth-order valence-corrected chi connectivity index (χ4v) is 3.68. The minimum absolute atomic E-state index is 0.0762. The monoisotopic (exact) mass is 289 g/mol. The van der Waals surface area contributed by atoms with Gasteiger partial charge in [-0.3, -0.25) is 0 Å². The van der Waals surface area contributed by atoms with E-state index in [4.69, 9.17) is 0 Å². The van der Waals surface area contributed by atoms with E-state index in [0.29, 0.717) is 12.3 Å². The zero-order valence-corrected chi connectivity index (χ0v) is 12.1. The minimum atomic E-state index is -0.211. The van der Waals surface area contributed by atoms with Crippen LogP contribution in [0, 0.1) is 17.7 Å². The predicted molar refractivity (Wildman–Crippen MR) is 81.2 cm³/mol. The number of piperidine rings is 1. The first-order valence-corrected chi connectivity index (χ1v) is 7.73. The molecular weight excluding hydrogens is 268 g/mol. The average Bonchev–Trinajstić information content (AvgIpc) is 2.49. The molecule has 0 amide bonds. The third-order valence-electron chi connectivity index (χ3n) is 4.60. The summed E-state index contributed by atoms with van der Waals surface area (Å²) in [4.78, 5) is 0. The number of allylic oxidation sites excluding steroid dienone is 4. The van der Waals surface area contributed by atoms with Crippen LogP contribution in [0.2, 0.25) is 0 Å². The highest BCUT2D eigenvalue weighted by atomic mass is 19.1. The van der Waals surface area contributed by atoms with Gasteiger partial charge in [0.25, 0.3) is 0 Å². The van der Waals surface area contributed by atoms with Crippen LogP contribution in [-0.2, 0) is 0 Å². The molecule has 3 unspecified atom stereocenters.